The van der Waals surface area contributed by atoms with E-state index in [1.165, 1.54) is 0 Å². The van der Waals surface area contributed by atoms with Crippen LogP contribution in [-0.2, 0) is 11.2 Å². The predicted octanol–water partition coefficient (Wildman–Crippen LogP) is 2.59. The van der Waals surface area contributed by atoms with Crippen LogP contribution in [0.4, 0.5) is 5.95 Å². The number of aryl methyl sites for hydroxylation is 1. The number of likely N-dealkylation sites (N-methyl/N-ethyl adjacent to an activating group) is 1. The zero-order valence-electron chi connectivity index (χ0n) is 18.9. The molecule has 0 aliphatic carbocycles. The Morgan fingerprint density at radius 2 is 1.97 bits per heavy atom. The number of benzene rings is 1. The van der Waals surface area contributed by atoms with Crippen LogP contribution in [0.2, 0.25) is 0 Å². The van der Waals surface area contributed by atoms with Crippen molar-refractivity contribution in [1.29, 1.82) is 0 Å². The molecule has 2 N–H and O–H groups in total. The number of nitrogens with zero attached hydrogens (tertiary/aromatic N) is 5. The maximum Gasteiger partial charge on any atom is 0.272 e. The van der Waals surface area contributed by atoms with E-state index in [2.05, 4.69) is 15.0 Å². The molecule has 1 unspecified atom stereocenters. The van der Waals surface area contributed by atoms with Gasteiger partial charge in [-0.15, -0.1) is 0 Å². The molecule has 1 atom stereocenters. The molecule has 3 heterocycles. The molecule has 3 aromatic rings. The number of carbonyl (C=O) groups excluding carboxylic acids is 2. The van der Waals surface area contributed by atoms with Crippen LogP contribution in [-0.4, -0.2) is 62.7 Å². The molecule has 2 amide bonds. The van der Waals surface area contributed by atoms with E-state index in [0.717, 1.165) is 16.7 Å². The van der Waals surface area contributed by atoms with Crippen molar-refractivity contribution in [2.75, 3.05) is 31.9 Å². The lowest BCUT2D eigenvalue weighted by molar-refractivity contribution is -0.134. The molecule has 1 aromatic carbocycles. The van der Waals surface area contributed by atoms with E-state index >= 15 is 0 Å². The standard InChI is InChI=1S/C25H28N6O2/c1-3-30-11-12-31(24(33)22-13-17(2)28-25(26)29-22)16-20(23(30)32)14-18-7-4-5-9-21(18)19-8-6-10-27-15-19/h4-10,13,15,20H,3,11-12,14,16H2,1-2H3,(H2,26,28,29). The molecule has 170 valence electrons. The number of rotatable bonds is 5. The first-order valence-electron chi connectivity index (χ1n) is 11.1. The van der Waals surface area contributed by atoms with Gasteiger partial charge in [-0.25, -0.2) is 9.97 Å². The molecular weight excluding hydrogens is 416 g/mol. The fourth-order valence-electron chi connectivity index (χ4n) is 4.33. The van der Waals surface area contributed by atoms with E-state index in [0.29, 0.717) is 38.3 Å². The number of nitrogens with two attached hydrogens (primary N) is 1. The molecule has 0 spiro atoms. The van der Waals surface area contributed by atoms with Gasteiger partial charge in [0.15, 0.2) is 0 Å². The maximum absolute atomic E-state index is 13.4. The van der Waals surface area contributed by atoms with Gasteiger partial charge in [0, 0.05) is 49.8 Å². The van der Waals surface area contributed by atoms with Crippen molar-refractivity contribution in [1.82, 2.24) is 24.8 Å². The zero-order valence-corrected chi connectivity index (χ0v) is 18.9. The minimum Gasteiger partial charge on any atom is -0.368 e. The Morgan fingerprint density at radius 1 is 1.15 bits per heavy atom. The molecule has 1 aliphatic rings. The van der Waals surface area contributed by atoms with Crippen LogP contribution in [0.1, 0.15) is 28.7 Å². The van der Waals surface area contributed by atoms with Crippen molar-refractivity contribution in [3.8, 4) is 11.1 Å². The van der Waals surface area contributed by atoms with Crippen LogP contribution in [0, 0.1) is 12.8 Å². The summed E-state index contributed by atoms with van der Waals surface area (Å²) < 4.78 is 0. The van der Waals surface area contributed by atoms with Gasteiger partial charge in [0.25, 0.3) is 5.91 Å². The molecule has 1 saturated heterocycles. The largest absolute Gasteiger partial charge is 0.368 e. The average Bonchev–Trinajstić information content (AvgIpc) is 2.97. The number of carbonyl (C=O) groups is 2. The Kier molecular flexibility index (Phi) is 6.63. The van der Waals surface area contributed by atoms with Crippen molar-refractivity contribution in [2.45, 2.75) is 20.3 Å². The molecule has 1 fully saturated rings. The maximum atomic E-state index is 13.4. The first-order chi connectivity index (χ1) is 16.0. The molecule has 0 bridgehead atoms. The molecule has 4 rings (SSSR count). The van der Waals surface area contributed by atoms with E-state index in [1.807, 2.05) is 54.4 Å². The topological polar surface area (TPSA) is 105 Å². The van der Waals surface area contributed by atoms with E-state index in [9.17, 15) is 9.59 Å². The second-order valence-electron chi connectivity index (χ2n) is 8.22. The van der Waals surface area contributed by atoms with Crippen molar-refractivity contribution >= 4 is 17.8 Å². The van der Waals surface area contributed by atoms with E-state index in [4.69, 9.17) is 5.73 Å². The third-order valence-electron chi connectivity index (χ3n) is 5.96. The van der Waals surface area contributed by atoms with Gasteiger partial charge in [-0.2, -0.15) is 0 Å². The third kappa shape index (κ3) is 5.00. The summed E-state index contributed by atoms with van der Waals surface area (Å²) in [6.45, 7) is 5.59. The normalized spacial score (nSPS) is 16.5. The Morgan fingerprint density at radius 3 is 2.70 bits per heavy atom. The summed E-state index contributed by atoms with van der Waals surface area (Å²) in [5.74, 6) is -0.466. The lowest BCUT2D eigenvalue weighted by atomic mass is 9.91. The minimum absolute atomic E-state index is 0.0622. The number of anilines is 1. The van der Waals surface area contributed by atoms with Crippen molar-refractivity contribution in [3.63, 3.8) is 0 Å². The quantitative estimate of drug-likeness (QED) is 0.649. The molecule has 0 saturated carbocycles. The second-order valence-corrected chi connectivity index (χ2v) is 8.22. The van der Waals surface area contributed by atoms with Crippen LogP contribution in [0.25, 0.3) is 11.1 Å². The third-order valence-corrected chi connectivity index (χ3v) is 5.96. The number of aromatic nitrogens is 3. The predicted molar refractivity (Wildman–Crippen MR) is 126 cm³/mol. The van der Waals surface area contributed by atoms with Crippen LogP contribution >= 0.6 is 0 Å². The summed E-state index contributed by atoms with van der Waals surface area (Å²) >= 11 is 0. The smallest absolute Gasteiger partial charge is 0.272 e. The number of hydrogen-bond donors (Lipinski definition) is 1. The van der Waals surface area contributed by atoms with Gasteiger partial charge in [-0.3, -0.25) is 14.6 Å². The highest BCUT2D eigenvalue weighted by Gasteiger charge is 2.33. The lowest BCUT2D eigenvalue weighted by Gasteiger charge is -2.24. The summed E-state index contributed by atoms with van der Waals surface area (Å²) in [6.07, 6.45) is 4.09. The molecule has 0 radical (unpaired) electrons. The monoisotopic (exact) mass is 444 g/mol. The van der Waals surface area contributed by atoms with Gasteiger partial charge in [-0.1, -0.05) is 30.3 Å². The Balaban J connectivity index is 1.64. The molecular formula is C25H28N6O2. The number of pyridine rings is 1. The van der Waals surface area contributed by atoms with Crippen LogP contribution in [0.5, 0.6) is 0 Å². The molecule has 1 aliphatic heterocycles. The van der Waals surface area contributed by atoms with Gasteiger partial charge in [0.2, 0.25) is 11.9 Å². The fraction of sp³-hybridized carbons (Fsp3) is 0.320. The number of hydrogen-bond acceptors (Lipinski definition) is 6. The van der Waals surface area contributed by atoms with E-state index in [1.54, 1.807) is 24.1 Å². The molecule has 8 heteroatoms. The van der Waals surface area contributed by atoms with Crippen molar-refractivity contribution in [2.24, 2.45) is 5.92 Å². The van der Waals surface area contributed by atoms with E-state index < -0.39 is 0 Å². The Bertz CT molecular complexity index is 1130. The van der Waals surface area contributed by atoms with Gasteiger partial charge < -0.3 is 15.5 Å². The number of nitrogen functional groups attached to an aromatic ring is 1. The lowest BCUT2D eigenvalue weighted by Crippen LogP contribution is -2.38. The zero-order chi connectivity index (χ0) is 23.4. The van der Waals surface area contributed by atoms with Crippen LogP contribution in [0.15, 0.2) is 54.9 Å². The fourth-order valence-corrected chi connectivity index (χ4v) is 4.33. The SMILES string of the molecule is CCN1CCN(C(=O)c2cc(C)nc(N)n2)CC(Cc2ccccc2-c2cccnc2)C1=O. The first-order valence-corrected chi connectivity index (χ1v) is 11.1. The number of amides is 2. The Labute approximate surface area is 193 Å². The highest BCUT2D eigenvalue weighted by atomic mass is 16.2. The van der Waals surface area contributed by atoms with Crippen LogP contribution in [0.3, 0.4) is 0 Å². The summed E-state index contributed by atoms with van der Waals surface area (Å²) in [5.41, 5.74) is 9.75. The summed E-state index contributed by atoms with van der Waals surface area (Å²) in [5, 5.41) is 0. The molecule has 2 aromatic heterocycles. The summed E-state index contributed by atoms with van der Waals surface area (Å²) in [4.78, 5) is 42.6. The van der Waals surface area contributed by atoms with E-state index in [-0.39, 0.29) is 29.4 Å². The highest BCUT2D eigenvalue weighted by Crippen LogP contribution is 2.27. The van der Waals surface area contributed by atoms with Gasteiger partial charge in [0.05, 0.1) is 5.92 Å². The van der Waals surface area contributed by atoms with Crippen LogP contribution < -0.4 is 5.73 Å². The minimum atomic E-state index is -0.366. The highest BCUT2D eigenvalue weighted by molar-refractivity contribution is 5.93. The van der Waals surface area contributed by atoms with Gasteiger partial charge in [0.1, 0.15) is 5.69 Å². The summed E-state index contributed by atoms with van der Waals surface area (Å²) in [7, 11) is 0. The Hall–Kier alpha value is -3.81. The first kappa shape index (κ1) is 22.4. The van der Waals surface area contributed by atoms with Gasteiger partial charge >= 0.3 is 0 Å². The second kappa shape index (κ2) is 9.77. The van der Waals surface area contributed by atoms with Crippen molar-refractivity contribution < 1.29 is 9.59 Å². The molecule has 8 nitrogen and oxygen atoms in total. The average molecular weight is 445 g/mol. The molecule has 33 heavy (non-hydrogen) atoms. The summed E-state index contributed by atoms with van der Waals surface area (Å²) in [6, 6.07) is 13.6. The van der Waals surface area contributed by atoms with Crippen molar-refractivity contribution in [3.05, 3.63) is 71.8 Å². The van der Waals surface area contributed by atoms with Gasteiger partial charge in [-0.05, 0) is 43.5 Å².